The van der Waals surface area contributed by atoms with Crippen LogP contribution in [0, 0.1) is 0 Å². The van der Waals surface area contributed by atoms with E-state index in [2.05, 4.69) is 15.5 Å². The molecule has 0 bridgehead atoms. The number of piperidine rings is 1. The normalized spacial score (nSPS) is 19.1. The number of carboxylic acids is 1. The Labute approximate surface area is 120 Å². The van der Waals surface area contributed by atoms with Crippen LogP contribution in [0.5, 0.6) is 0 Å². The van der Waals surface area contributed by atoms with Crippen molar-refractivity contribution in [2.45, 2.75) is 58.0 Å². The number of carboxylic acid groups (broad SMARTS) is 1. The van der Waals surface area contributed by atoms with Gasteiger partial charge in [0, 0.05) is 18.6 Å². The number of amides is 2. The van der Waals surface area contributed by atoms with E-state index in [9.17, 15) is 9.59 Å². The minimum atomic E-state index is -0.890. The number of carbonyl (C=O) groups excluding carboxylic acids is 1. The Bertz CT molecular complexity index is 317. The summed E-state index contributed by atoms with van der Waals surface area (Å²) in [7, 11) is 0. The zero-order valence-electron chi connectivity index (χ0n) is 12.5. The molecule has 3 N–H and O–H groups in total. The second-order valence-corrected chi connectivity index (χ2v) is 5.58. The Balaban J connectivity index is 2.27. The summed E-state index contributed by atoms with van der Waals surface area (Å²) in [4.78, 5) is 24.8. The molecule has 2 unspecified atom stereocenters. The van der Waals surface area contributed by atoms with Crippen molar-refractivity contribution < 1.29 is 14.7 Å². The van der Waals surface area contributed by atoms with Gasteiger partial charge in [0.2, 0.25) is 0 Å². The van der Waals surface area contributed by atoms with Gasteiger partial charge >= 0.3 is 12.0 Å². The molecule has 2 atom stereocenters. The van der Waals surface area contributed by atoms with Gasteiger partial charge in [-0.2, -0.15) is 0 Å². The summed E-state index contributed by atoms with van der Waals surface area (Å²) in [5.74, 6) is -0.890. The Morgan fingerprint density at radius 2 is 1.85 bits per heavy atom. The van der Waals surface area contributed by atoms with Crippen LogP contribution >= 0.6 is 0 Å². The van der Waals surface area contributed by atoms with E-state index in [1.54, 1.807) is 0 Å². The number of rotatable bonds is 7. The van der Waals surface area contributed by atoms with Crippen molar-refractivity contribution >= 4 is 12.0 Å². The number of urea groups is 1. The minimum absolute atomic E-state index is 0.0373. The maximum Gasteiger partial charge on any atom is 0.315 e. The van der Waals surface area contributed by atoms with E-state index in [0.29, 0.717) is 6.42 Å². The van der Waals surface area contributed by atoms with Crippen LogP contribution in [0.4, 0.5) is 4.79 Å². The maximum absolute atomic E-state index is 11.8. The highest BCUT2D eigenvalue weighted by Crippen LogP contribution is 2.08. The molecule has 20 heavy (non-hydrogen) atoms. The summed E-state index contributed by atoms with van der Waals surface area (Å²) in [5.41, 5.74) is 0. The van der Waals surface area contributed by atoms with Crippen molar-refractivity contribution in [2.75, 3.05) is 19.6 Å². The number of hydrogen-bond donors (Lipinski definition) is 3. The molecule has 0 aromatic rings. The van der Waals surface area contributed by atoms with Crippen LogP contribution in [0.25, 0.3) is 0 Å². The lowest BCUT2D eigenvalue weighted by molar-refractivity contribution is -0.137. The molecule has 1 heterocycles. The van der Waals surface area contributed by atoms with Gasteiger partial charge in [-0.3, -0.25) is 4.79 Å². The fourth-order valence-corrected chi connectivity index (χ4v) is 2.53. The zero-order valence-corrected chi connectivity index (χ0v) is 12.5. The first-order valence-corrected chi connectivity index (χ1v) is 7.52. The zero-order chi connectivity index (χ0) is 15.0. The van der Waals surface area contributed by atoms with E-state index in [0.717, 1.165) is 19.6 Å². The molecule has 0 aromatic carbocycles. The van der Waals surface area contributed by atoms with Crippen LogP contribution in [0.3, 0.4) is 0 Å². The predicted octanol–water partition coefficient (Wildman–Crippen LogP) is 1.41. The second kappa shape index (κ2) is 8.79. The third kappa shape index (κ3) is 6.75. The van der Waals surface area contributed by atoms with Crippen molar-refractivity contribution in [1.82, 2.24) is 15.5 Å². The van der Waals surface area contributed by atoms with Gasteiger partial charge in [-0.15, -0.1) is 0 Å². The smallest absolute Gasteiger partial charge is 0.315 e. The molecule has 1 saturated heterocycles. The molecule has 0 radical (unpaired) electrons. The van der Waals surface area contributed by atoms with Crippen LogP contribution in [-0.2, 0) is 4.79 Å². The van der Waals surface area contributed by atoms with E-state index in [1.165, 1.54) is 19.3 Å². The van der Waals surface area contributed by atoms with Crippen LogP contribution in [0.2, 0.25) is 0 Å². The van der Waals surface area contributed by atoms with Crippen LogP contribution in [0.1, 0.15) is 46.0 Å². The van der Waals surface area contributed by atoms with Gasteiger partial charge in [0.15, 0.2) is 0 Å². The summed E-state index contributed by atoms with van der Waals surface area (Å²) in [6.45, 7) is 6.90. The van der Waals surface area contributed by atoms with Crippen molar-refractivity contribution in [3.8, 4) is 0 Å². The van der Waals surface area contributed by atoms with E-state index in [4.69, 9.17) is 5.11 Å². The molecular formula is C14H27N3O3. The van der Waals surface area contributed by atoms with Crippen molar-refractivity contribution in [3.63, 3.8) is 0 Å². The van der Waals surface area contributed by atoms with Crippen molar-refractivity contribution in [2.24, 2.45) is 0 Å². The van der Waals surface area contributed by atoms with E-state index in [-0.39, 0.29) is 24.5 Å². The summed E-state index contributed by atoms with van der Waals surface area (Å²) in [6, 6.07) is -0.521. The quantitative estimate of drug-likeness (QED) is 0.660. The Kier molecular flexibility index (Phi) is 7.36. The van der Waals surface area contributed by atoms with Crippen molar-refractivity contribution in [3.05, 3.63) is 0 Å². The standard InChI is InChI=1S/C14H27N3O3/c1-3-12(9-13(18)19)16-14(20)15-11(2)10-17-7-5-4-6-8-17/h11-12H,3-10H2,1-2H3,(H,18,19)(H2,15,16,20). The summed E-state index contributed by atoms with van der Waals surface area (Å²) >= 11 is 0. The van der Waals surface area contributed by atoms with Gasteiger partial charge in [0.25, 0.3) is 0 Å². The number of likely N-dealkylation sites (tertiary alicyclic amines) is 1. The third-order valence-electron chi connectivity index (χ3n) is 3.61. The molecule has 116 valence electrons. The lowest BCUT2D eigenvalue weighted by atomic mass is 10.1. The number of carbonyl (C=O) groups is 2. The molecule has 1 aliphatic rings. The summed E-state index contributed by atoms with van der Waals surface area (Å²) in [5, 5.41) is 14.3. The molecule has 6 heteroatoms. The highest BCUT2D eigenvalue weighted by Gasteiger charge is 2.17. The number of hydrogen-bond acceptors (Lipinski definition) is 3. The third-order valence-corrected chi connectivity index (χ3v) is 3.61. The number of nitrogens with zero attached hydrogens (tertiary/aromatic N) is 1. The molecule has 1 rings (SSSR count). The van der Waals surface area contributed by atoms with Crippen LogP contribution in [-0.4, -0.2) is 53.7 Å². The Morgan fingerprint density at radius 3 is 2.40 bits per heavy atom. The molecule has 1 aliphatic heterocycles. The van der Waals surface area contributed by atoms with Gasteiger partial charge in [0.05, 0.1) is 6.42 Å². The molecule has 0 saturated carbocycles. The predicted molar refractivity (Wildman–Crippen MR) is 77.8 cm³/mol. The molecule has 2 amide bonds. The van der Waals surface area contributed by atoms with Crippen molar-refractivity contribution in [1.29, 1.82) is 0 Å². The topological polar surface area (TPSA) is 81.7 Å². The van der Waals surface area contributed by atoms with Crippen LogP contribution < -0.4 is 10.6 Å². The average molecular weight is 285 g/mol. The van der Waals surface area contributed by atoms with Gasteiger partial charge in [0.1, 0.15) is 0 Å². The van der Waals surface area contributed by atoms with Gasteiger partial charge in [-0.25, -0.2) is 4.79 Å². The monoisotopic (exact) mass is 285 g/mol. The maximum atomic E-state index is 11.8. The fourth-order valence-electron chi connectivity index (χ4n) is 2.53. The molecular weight excluding hydrogens is 258 g/mol. The average Bonchev–Trinajstić information content (AvgIpc) is 2.38. The number of aliphatic carboxylic acids is 1. The van der Waals surface area contributed by atoms with Crippen LogP contribution in [0.15, 0.2) is 0 Å². The van der Waals surface area contributed by atoms with Gasteiger partial charge in [-0.05, 0) is 39.3 Å². The molecule has 6 nitrogen and oxygen atoms in total. The second-order valence-electron chi connectivity index (χ2n) is 5.58. The van der Waals surface area contributed by atoms with E-state index >= 15 is 0 Å². The molecule has 0 aromatic heterocycles. The van der Waals surface area contributed by atoms with Gasteiger partial charge < -0.3 is 20.6 Å². The minimum Gasteiger partial charge on any atom is -0.481 e. The largest absolute Gasteiger partial charge is 0.481 e. The summed E-state index contributed by atoms with van der Waals surface area (Å²) < 4.78 is 0. The fraction of sp³-hybridized carbons (Fsp3) is 0.857. The highest BCUT2D eigenvalue weighted by atomic mass is 16.4. The number of nitrogens with one attached hydrogen (secondary N) is 2. The first-order chi connectivity index (χ1) is 9.51. The first-order valence-electron chi connectivity index (χ1n) is 7.52. The first kappa shape index (κ1) is 16.8. The Morgan fingerprint density at radius 1 is 1.20 bits per heavy atom. The molecule has 0 aliphatic carbocycles. The van der Waals surface area contributed by atoms with E-state index in [1.807, 2.05) is 13.8 Å². The van der Waals surface area contributed by atoms with Gasteiger partial charge in [-0.1, -0.05) is 13.3 Å². The lowest BCUT2D eigenvalue weighted by Crippen LogP contribution is -2.49. The van der Waals surface area contributed by atoms with E-state index < -0.39 is 5.97 Å². The lowest BCUT2D eigenvalue weighted by Gasteiger charge is -2.29. The summed E-state index contributed by atoms with van der Waals surface area (Å²) in [6.07, 6.45) is 4.34. The Hall–Kier alpha value is -1.30. The molecule has 0 spiro atoms. The SMILES string of the molecule is CCC(CC(=O)O)NC(=O)NC(C)CN1CCCCC1. The highest BCUT2D eigenvalue weighted by molar-refractivity contribution is 5.75. The molecule has 1 fully saturated rings.